The molecule has 0 aromatic heterocycles. The van der Waals surface area contributed by atoms with Gasteiger partial charge in [0.05, 0.1) is 17.2 Å². The first-order valence-corrected chi connectivity index (χ1v) is 7.52. The van der Waals surface area contributed by atoms with Gasteiger partial charge in [0, 0.05) is 10.2 Å². The van der Waals surface area contributed by atoms with Gasteiger partial charge in [-0.05, 0) is 42.8 Å². The standard InChI is InChI=1S/C17H13BrN2O3/c1-11-5-6-14(8-15(11)18)20-16(21)10-23-17(22)13-4-2-3-12(7-13)9-19/h2-8H,10H2,1H3,(H,20,21). The highest BCUT2D eigenvalue weighted by Gasteiger charge is 2.11. The molecule has 0 heterocycles. The summed E-state index contributed by atoms with van der Waals surface area (Å²) in [7, 11) is 0. The van der Waals surface area contributed by atoms with Crippen molar-refractivity contribution in [2.75, 3.05) is 11.9 Å². The van der Waals surface area contributed by atoms with Crippen LogP contribution in [0.2, 0.25) is 0 Å². The van der Waals surface area contributed by atoms with Crippen LogP contribution >= 0.6 is 15.9 Å². The number of anilines is 1. The first-order chi connectivity index (χ1) is 11.0. The number of halogens is 1. The number of amides is 1. The van der Waals surface area contributed by atoms with Gasteiger partial charge < -0.3 is 10.1 Å². The number of benzene rings is 2. The second-order valence-electron chi connectivity index (χ2n) is 4.78. The zero-order valence-electron chi connectivity index (χ0n) is 12.3. The summed E-state index contributed by atoms with van der Waals surface area (Å²) in [5.41, 5.74) is 2.24. The molecule has 0 saturated carbocycles. The number of hydrogen-bond acceptors (Lipinski definition) is 4. The van der Waals surface area contributed by atoms with Gasteiger partial charge in [0.15, 0.2) is 6.61 Å². The number of nitrogens with one attached hydrogen (secondary N) is 1. The third-order valence-electron chi connectivity index (χ3n) is 3.02. The first kappa shape index (κ1) is 16.7. The maximum Gasteiger partial charge on any atom is 0.338 e. The lowest BCUT2D eigenvalue weighted by atomic mass is 10.1. The molecule has 0 aliphatic heterocycles. The van der Waals surface area contributed by atoms with E-state index in [2.05, 4.69) is 21.2 Å². The van der Waals surface area contributed by atoms with Crippen molar-refractivity contribution in [3.63, 3.8) is 0 Å². The van der Waals surface area contributed by atoms with E-state index in [-0.39, 0.29) is 5.56 Å². The molecular weight excluding hydrogens is 360 g/mol. The maximum atomic E-state index is 11.8. The predicted molar refractivity (Wildman–Crippen MR) is 88.9 cm³/mol. The number of carbonyl (C=O) groups is 2. The van der Waals surface area contributed by atoms with Gasteiger partial charge in [0.1, 0.15) is 0 Å². The SMILES string of the molecule is Cc1ccc(NC(=O)COC(=O)c2cccc(C#N)c2)cc1Br. The number of carbonyl (C=O) groups excluding carboxylic acids is 2. The molecule has 1 amide bonds. The summed E-state index contributed by atoms with van der Waals surface area (Å²) in [6.07, 6.45) is 0. The fourth-order valence-corrected chi connectivity index (χ4v) is 2.18. The highest BCUT2D eigenvalue weighted by Crippen LogP contribution is 2.20. The summed E-state index contributed by atoms with van der Waals surface area (Å²) in [5.74, 6) is -1.09. The zero-order chi connectivity index (χ0) is 16.8. The van der Waals surface area contributed by atoms with Crippen LogP contribution in [-0.2, 0) is 9.53 Å². The number of aryl methyl sites for hydroxylation is 1. The fourth-order valence-electron chi connectivity index (χ4n) is 1.80. The van der Waals surface area contributed by atoms with Gasteiger partial charge in [-0.1, -0.05) is 28.1 Å². The van der Waals surface area contributed by atoms with E-state index in [9.17, 15) is 9.59 Å². The van der Waals surface area contributed by atoms with Crippen molar-refractivity contribution in [1.29, 1.82) is 5.26 Å². The molecule has 0 atom stereocenters. The molecule has 2 aromatic carbocycles. The second kappa shape index (κ2) is 7.56. The van der Waals surface area contributed by atoms with Gasteiger partial charge >= 0.3 is 5.97 Å². The van der Waals surface area contributed by atoms with Crippen molar-refractivity contribution in [3.05, 3.63) is 63.6 Å². The topological polar surface area (TPSA) is 79.2 Å². The molecule has 0 bridgehead atoms. The van der Waals surface area contributed by atoms with E-state index in [1.54, 1.807) is 24.3 Å². The van der Waals surface area contributed by atoms with Crippen LogP contribution in [0.15, 0.2) is 46.9 Å². The molecular formula is C17H13BrN2O3. The molecule has 2 aromatic rings. The molecule has 23 heavy (non-hydrogen) atoms. The molecule has 0 radical (unpaired) electrons. The normalized spacial score (nSPS) is 9.78. The lowest BCUT2D eigenvalue weighted by Crippen LogP contribution is -2.21. The summed E-state index contributed by atoms with van der Waals surface area (Å²) in [6, 6.07) is 13.4. The van der Waals surface area contributed by atoms with Crippen molar-refractivity contribution in [3.8, 4) is 6.07 Å². The Labute approximate surface area is 142 Å². The maximum absolute atomic E-state index is 11.8. The molecule has 0 unspecified atom stereocenters. The first-order valence-electron chi connectivity index (χ1n) is 6.73. The van der Waals surface area contributed by atoms with Crippen LogP contribution in [0.1, 0.15) is 21.5 Å². The van der Waals surface area contributed by atoms with Gasteiger partial charge in [0.2, 0.25) is 0 Å². The summed E-state index contributed by atoms with van der Waals surface area (Å²) in [5, 5.41) is 11.4. The molecule has 0 aliphatic carbocycles. The Bertz CT molecular complexity index is 797. The van der Waals surface area contributed by atoms with Gasteiger partial charge in [-0.3, -0.25) is 4.79 Å². The average Bonchev–Trinajstić information content (AvgIpc) is 2.56. The Morgan fingerprint density at radius 3 is 2.74 bits per heavy atom. The molecule has 0 spiro atoms. The molecule has 0 saturated heterocycles. The monoisotopic (exact) mass is 372 g/mol. The Morgan fingerprint density at radius 1 is 1.26 bits per heavy atom. The quantitative estimate of drug-likeness (QED) is 0.833. The van der Waals surface area contributed by atoms with Crippen molar-refractivity contribution >= 4 is 33.5 Å². The summed E-state index contributed by atoms with van der Waals surface area (Å²) >= 11 is 3.38. The lowest BCUT2D eigenvalue weighted by molar-refractivity contribution is -0.119. The average molecular weight is 373 g/mol. The second-order valence-corrected chi connectivity index (χ2v) is 5.64. The highest BCUT2D eigenvalue weighted by atomic mass is 79.9. The van der Waals surface area contributed by atoms with Crippen LogP contribution < -0.4 is 5.32 Å². The summed E-state index contributed by atoms with van der Waals surface area (Å²) in [6.45, 7) is 1.54. The van der Waals surface area contributed by atoms with Crippen molar-refractivity contribution in [2.45, 2.75) is 6.92 Å². The largest absolute Gasteiger partial charge is 0.452 e. The van der Waals surface area contributed by atoms with Crippen LogP contribution in [-0.4, -0.2) is 18.5 Å². The van der Waals surface area contributed by atoms with Gasteiger partial charge in [-0.15, -0.1) is 0 Å². The predicted octanol–water partition coefficient (Wildman–Crippen LogP) is 3.42. The van der Waals surface area contributed by atoms with Gasteiger partial charge in [-0.2, -0.15) is 5.26 Å². The Balaban J connectivity index is 1.92. The van der Waals surface area contributed by atoms with Crippen molar-refractivity contribution in [1.82, 2.24) is 0 Å². The van der Waals surface area contributed by atoms with E-state index < -0.39 is 18.5 Å². The minimum atomic E-state index is -0.651. The van der Waals surface area contributed by atoms with Crippen LogP contribution in [0.5, 0.6) is 0 Å². The van der Waals surface area contributed by atoms with E-state index in [4.69, 9.17) is 10.00 Å². The molecule has 116 valence electrons. The number of nitrogens with zero attached hydrogens (tertiary/aromatic N) is 1. The molecule has 0 aliphatic rings. The summed E-state index contributed by atoms with van der Waals surface area (Å²) in [4.78, 5) is 23.7. The zero-order valence-corrected chi connectivity index (χ0v) is 13.9. The highest BCUT2D eigenvalue weighted by molar-refractivity contribution is 9.10. The minimum Gasteiger partial charge on any atom is -0.452 e. The third-order valence-corrected chi connectivity index (χ3v) is 3.87. The van der Waals surface area contributed by atoms with E-state index >= 15 is 0 Å². The molecule has 1 N–H and O–H groups in total. The van der Waals surface area contributed by atoms with Gasteiger partial charge in [-0.25, -0.2) is 4.79 Å². The van der Waals surface area contributed by atoms with E-state index in [0.29, 0.717) is 11.3 Å². The third kappa shape index (κ3) is 4.66. The Hall–Kier alpha value is -2.65. The number of nitriles is 1. The van der Waals surface area contributed by atoms with Crippen LogP contribution in [0.4, 0.5) is 5.69 Å². The van der Waals surface area contributed by atoms with Crippen LogP contribution in [0, 0.1) is 18.3 Å². The Kier molecular flexibility index (Phi) is 5.50. The molecule has 0 fully saturated rings. The summed E-state index contributed by atoms with van der Waals surface area (Å²) < 4.78 is 5.82. The van der Waals surface area contributed by atoms with Gasteiger partial charge in [0.25, 0.3) is 5.91 Å². The molecule has 5 nitrogen and oxygen atoms in total. The number of esters is 1. The fraction of sp³-hybridized carbons (Fsp3) is 0.118. The van der Waals surface area contributed by atoms with E-state index in [1.807, 2.05) is 19.1 Å². The van der Waals surface area contributed by atoms with Crippen LogP contribution in [0.25, 0.3) is 0 Å². The molecule has 6 heteroatoms. The van der Waals surface area contributed by atoms with Crippen molar-refractivity contribution < 1.29 is 14.3 Å². The van der Waals surface area contributed by atoms with Crippen molar-refractivity contribution in [2.24, 2.45) is 0 Å². The van der Waals surface area contributed by atoms with E-state index in [0.717, 1.165) is 10.0 Å². The van der Waals surface area contributed by atoms with Crippen LogP contribution in [0.3, 0.4) is 0 Å². The Morgan fingerprint density at radius 2 is 2.04 bits per heavy atom. The smallest absolute Gasteiger partial charge is 0.338 e. The molecule has 2 rings (SSSR count). The van der Waals surface area contributed by atoms with E-state index in [1.165, 1.54) is 12.1 Å². The minimum absolute atomic E-state index is 0.231. The number of hydrogen-bond donors (Lipinski definition) is 1. The number of rotatable bonds is 4. The lowest BCUT2D eigenvalue weighted by Gasteiger charge is -2.08. The number of ether oxygens (including phenoxy) is 1.